The van der Waals surface area contributed by atoms with Gasteiger partial charge in [-0.1, -0.05) is 37.3 Å². The predicted octanol–water partition coefficient (Wildman–Crippen LogP) is 0.640. The lowest BCUT2D eigenvalue weighted by molar-refractivity contribution is -0.138. The normalized spacial score (nSPS) is 31.6. The van der Waals surface area contributed by atoms with Crippen molar-refractivity contribution in [3.8, 4) is 0 Å². The Morgan fingerprint density at radius 3 is 2.57 bits per heavy atom. The molecule has 1 heterocycles. The second-order valence-electron chi connectivity index (χ2n) is 3.74. The molecular weight excluding hydrogens is 178 g/mol. The second-order valence-corrected chi connectivity index (χ2v) is 3.74. The third-order valence-corrected chi connectivity index (χ3v) is 2.84. The van der Waals surface area contributed by atoms with Crippen molar-refractivity contribution in [3.05, 3.63) is 35.9 Å². The molecule has 2 rings (SSSR count). The van der Waals surface area contributed by atoms with Crippen molar-refractivity contribution in [2.75, 3.05) is 6.54 Å². The van der Waals surface area contributed by atoms with E-state index in [1.54, 1.807) is 12.1 Å². The lowest BCUT2D eigenvalue weighted by Crippen LogP contribution is -2.38. The smallest absolute Gasteiger partial charge is 0.256 e. The first-order valence-electron chi connectivity index (χ1n) is 4.72. The van der Waals surface area contributed by atoms with E-state index in [1.165, 1.54) is 0 Å². The topological polar surface area (TPSA) is 49.3 Å². The number of benzene rings is 1. The molecule has 1 aromatic carbocycles. The largest absolute Gasteiger partial charge is 0.375 e. The molecule has 74 valence electrons. The van der Waals surface area contributed by atoms with E-state index in [2.05, 4.69) is 5.32 Å². The van der Waals surface area contributed by atoms with Crippen molar-refractivity contribution >= 4 is 5.91 Å². The summed E-state index contributed by atoms with van der Waals surface area (Å²) in [6, 6.07) is 9.07. The summed E-state index contributed by atoms with van der Waals surface area (Å²) >= 11 is 0. The zero-order chi connectivity index (χ0) is 10.2. The third-order valence-electron chi connectivity index (χ3n) is 2.84. The van der Waals surface area contributed by atoms with Crippen molar-refractivity contribution in [2.24, 2.45) is 5.92 Å². The van der Waals surface area contributed by atoms with Crippen LogP contribution in [0, 0.1) is 5.92 Å². The number of carbonyl (C=O) groups excluding carboxylic acids is 1. The molecule has 0 aliphatic carbocycles. The second kappa shape index (κ2) is 3.10. The van der Waals surface area contributed by atoms with Crippen LogP contribution in [-0.4, -0.2) is 17.6 Å². The maximum Gasteiger partial charge on any atom is 0.256 e. The van der Waals surface area contributed by atoms with E-state index in [4.69, 9.17) is 0 Å². The van der Waals surface area contributed by atoms with E-state index >= 15 is 0 Å². The van der Waals surface area contributed by atoms with E-state index in [1.807, 2.05) is 25.1 Å². The third kappa shape index (κ3) is 1.13. The van der Waals surface area contributed by atoms with Gasteiger partial charge in [0.25, 0.3) is 5.91 Å². The lowest BCUT2D eigenvalue weighted by Gasteiger charge is -2.24. The first-order valence-corrected chi connectivity index (χ1v) is 4.72. The molecule has 2 N–H and O–H groups in total. The highest BCUT2D eigenvalue weighted by molar-refractivity contribution is 5.88. The standard InChI is InChI=1S/C11H13NO2/c1-8-7-12-10(13)11(8,14)9-5-3-2-4-6-9/h2-6,8,14H,7H2,1H3,(H,12,13). The fourth-order valence-electron chi connectivity index (χ4n) is 1.86. The van der Waals surface area contributed by atoms with Gasteiger partial charge in [0.05, 0.1) is 0 Å². The van der Waals surface area contributed by atoms with Crippen molar-refractivity contribution in [1.82, 2.24) is 5.32 Å². The summed E-state index contributed by atoms with van der Waals surface area (Å²) in [5.41, 5.74) is -0.677. The molecular formula is C11H13NO2. The molecule has 2 unspecified atom stereocenters. The predicted molar refractivity (Wildman–Crippen MR) is 52.5 cm³/mol. The fraction of sp³-hybridized carbons (Fsp3) is 0.364. The summed E-state index contributed by atoms with van der Waals surface area (Å²) in [6.45, 7) is 2.40. The van der Waals surface area contributed by atoms with Crippen molar-refractivity contribution in [2.45, 2.75) is 12.5 Å². The molecule has 1 aliphatic rings. The molecule has 1 fully saturated rings. The Balaban J connectivity index is 2.46. The molecule has 2 atom stereocenters. The molecule has 0 bridgehead atoms. The molecule has 3 nitrogen and oxygen atoms in total. The molecule has 0 spiro atoms. The average Bonchev–Trinajstić information content (AvgIpc) is 2.49. The van der Waals surface area contributed by atoms with Crippen molar-refractivity contribution < 1.29 is 9.90 Å². The Bertz CT molecular complexity index is 350. The monoisotopic (exact) mass is 191 g/mol. The van der Waals surface area contributed by atoms with Crippen LogP contribution in [-0.2, 0) is 10.4 Å². The van der Waals surface area contributed by atoms with Crippen LogP contribution in [0.3, 0.4) is 0 Å². The summed E-state index contributed by atoms with van der Waals surface area (Å²) in [5, 5.41) is 13.0. The number of aliphatic hydroxyl groups is 1. The zero-order valence-corrected chi connectivity index (χ0v) is 8.03. The minimum atomic E-state index is -1.35. The average molecular weight is 191 g/mol. The van der Waals surface area contributed by atoms with E-state index in [0.717, 1.165) is 0 Å². The van der Waals surface area contributed by atoms with E-state index in [-0.39, 0.29) is 11.8 Å². The Hall–Kier alpha value is -1.35. The molecule has 0 saturated carbocycles. The zero-order valence-electron chi connectivity index (χ0n) is 8.03. The van der Waals surface area contributed by atoms with Crippen LogP contribution in [0.25, 0.3) is 0 Å². The molecule has 3 heteroatoms. The first kappa shape index (κ1) is 9.21. The number of rotatable bonds is 1. The highest BCUT2D eigenvalue weighted by atomic mass is 16.3. The van der Waals surface area contributed by atoms with Crippen LogP contribution < -0.4 is 5.32 Å². The lowest BCUT2D eigenvalue weighted by atomic mass is 9.85. The maximum absolute atomic E-state index is 11.5. The van der Waals surface area contributed by atoms with Gasteiger partial charge in [-0.25, -0.2) is 0 Å². The summed E-state index contributed by atoms with van der Waals surface area (Å²) < 4.78 is 0. The molecule has 0 radical (unpaired) electrons. The van der Waals surface area contributed by atoms with Gasteiger partial charge in [0.2, 0.25) is 0 Å². The van der Waals surface area contributed by atoms with Gasteiger partial charge < -0.3 is 10.4 Å². The molecule has 1 amide bonds. The van der Waals surface area contributed by atoms with E-state index in [0.29, 0.717) is 12.1 Å². The maximum atomic E-state index is 11.5. The van der Waals surface area contributed by atoms with Gasteiger partial charge in [0, 0.05) is 12.5 Å². The molecule has 14 heavy (non-hydrogen) atoms. The number of carbonyl (C=O) groups is 1. The van der Waals surface area contributed by atoms with Gasteiger partial charge in [-0.15, -0.1) is 0 Å². The summed E-state index contributed by atoms with van der Waals surface area (Å²) in [7, 11) is 0. The van der Waals surface area contributed by atoms with E-state index < -0.39 is 5.60 Å². The van der Waals surface area contributed by atoms with Gasteiger partial charge >= 0.3 is 0 Å². The molecule has 0 aromatic heterocycles. The number of nitrogens with one attached hydrogen (secondary N) is 1. The van der Waals surface area contributed by atoms with Gasteiger partial charge in [-0.3, -0.25) is 4.79 Å². The molecule has 1 aromatic rings. The Morgan fingerprint density at radius 1 is 1.43 bits per heavy atom. The van der Waals surface area contributed by atoms with Crippen LogP contribution in [0.15, 0.2) is 30.3 Å². The van der Waals surface area contributed by atoms with Crippen molar-refractivity contribution in [1.29, 1.82) is 0 Å². The number of hydrogen-bond acceptors (Lipinski definition) is 2. The molecule has 1 aliphatic heterocycles. The number of hydrogen-bond donors (Lipinski definition) is 2. The van der Waals surface area contributed by atoms with Gasteiger partial charge in [-0.2, -0.15) is 0 Å². The fourth-order valence-corrected chi connectivity index (χ4v) is 1.86. The van der Waals surface area contributed by atoms with Crippen molar-refractivity contribution in [3.63, 3.8) is 0 Å². The summed E-state index contributed by atoms with van der Waals surface area (Å²) in [6.07, 6.45) is 0. The summed E-state index contributed by atoms with van der Waals surface area (Å²) in [5.74, 6) is -0.381. The van der Waals surface area contributed by atoms with E-state index in [9.17, 15) is 9.90 Å². The Kier molecular flexibility index (Phi) is 2.04. The Labute approximate surface area is 82.8 Å². The van der Waals surface area contributed by atoms with Crippen LogP contribution in [0.5, 0.6) is 0 Å². The SMILES string of the molecule is CC1CNC(=O)C1(O)c1ccccc1. The van der Waals surface area contributed by atoms with Gasteiger partial charge in [-0.05, 0) is 5.56 Å². The van der Waals surface area contributed by atoms with Crippen LogP contribution >= 0.6 is 0 Å². The van der Waals surface area contributed by atoms with Gasteiger partial charge in [0.15, 0.2) is 5.60 Å². The van der Waals surface area contributed by atoms with Crippen LogP contribution in [0.2, 0.25) is 0 Å². The minimum Gasteiger partial charge on any atom is -0.375 e. The quantitative estimate of drug-likeness (QED) is 0.684. The van der Waals surface area contributed by atoms with Gasteiger partial charge in [0.1, 0.15) is 0 Å². The highest BCUT2D eigenvalue weighted by Gasteiger charge is 2.47. The molecule has 1 saturated heterocycles. The first-order chi connectivity index (χ1) is 6.65. The van der Waals surface area contributed by atoms with Crippen LogP contribution in [0.1, 0.15) is 12.5 Å². The highest BCUT2D eigenvalue weighted by Crippen LogP contribution is 2.33. The minimum absolute atomic E-state index is 0.0857. The number of amides is 1. The van der Waals surface area contributed by atoms with Crippen LogP contribution in [0.4, 0.5) is 0 Å². The Morgan fingerprint density at radius 2 is 2.07 bits per heavy atom. The summed E-state index contributed by atoms with van der Waals surface area (Å²) in [4.78, 5) is 11.5.